The molecule has 3 amide bonds. The first-order chi connectivity index (χ1) is 9.74. The Bertz CT molecular complexity index is 526. The van der Waals surface area contributed by atoms with E-state index in [-0.39, 0.29) is 18.0 Å². The minimum Gasteiger partial charge on any atom is -0.368 e. The molecule has 2 N–H and O–H groups in total. The lowest BCUT2D eigenvalue weighted by Gasteiger charge is -2.16. The number of nitrogens with one attached hydrogen (secondary N) is 2. The zero-order valence-electron chi connectivity index (χ0n) is 11.1. The fraction of sp³-hybridized carbons (Fsp3) is 0.429. The fourth-order valence-electron chi connectivity index (χ4n) is 2.48. The summed E-state index contributed by atoms with van der Waals surface area (Å²) in [5.74, 6) is -0.120. The topological polar surface area (TPSA) is 70.7 Å². The van der Waals surface area contributed by atoms with E-state index in [1.54, 1.807) is 11.0 Å². The molecule has 1 aromatic carbocycles. The number of anilines is 2. The summed E-state index contributed by atoms with van der Waals surface area (Å²) in [5.41, 5.74) is 1.47. The van der Waals surface area contributed by atoms with Crippen LogP contribution in [0.2, 0.25) is 0 Å². The summed E-state index contributed by atoms with van der Waals surface area (Å²) in [4.78, 5) is 25.3. The molecule has 20 heavy (non-hydrogen) atoms. The highest BCUT2D eigenvalue weighted by Crippen LogP contribution is 2.22. The standard InChI is InChI=1S/C14H17N3O3/c18-13(12-5-2-8-20-12)16-10-3-1-4-11(9-10)17-7-6-15-14(17)19/h1,3-4,9,12H,2,5-8H2,(H,15,19)(H,16,18). The fourth-order valence-corrected chi connectivity index (χ4v) is 2.48. The van der Waals surface area contributed by atoms with Gasteiger partial charge in [0.2, 0.25) is 0 Å². The molecule has 2 aliphatic heterocycles. The van der Waals surface area contributed by atoms with Crippen molar-refractivity contribution in [3.63, 3.8) is 0 Å². The largest absolute Gasteiger partial charge is 0.368 e. The number of benzene rings is 1. The van der Waals surface area contributed by atoms with Crippen LogP contribution in [-0.4, -0.2) is 37.7 Å². The van der Waals surface area contributed by atoms with Crippen LogP contribution in [0.15, 0.2) is 24.3 Å². The first kappa shape index (κ1) is 12.9. The van der Waals surface area contributed by atoms with Gasteiger partial charge < -0.3 is 15.4 Å². The Morgan fingerprint density at radius 3 is 3.05 bits per heavy atom. The third kappa shape index (κ3) is 2.60. The van der Waals surface area contributed by atoms with E-state index in [0.29, 0.717) is 25.4 Å². The maximum atomic E-state index is 12.0. The number of nitrogens with zero attached hydrogens (tertiary/aromatic N) is 1. The van der Waals surface area contributed by atoms with Gasteiger partial charge in [0.25, 0.3) is 5.91 Å². The van der Waals surface area contributed by atoms with Gasteiger partial charge >= 0.3 is 6.03 Å². The predicted octanol–water partition coefficient (Wildman–Crippen LogP) is 1.33. The molecule has 0 saturated carbocycles. The number of carbonyl (C=O) groups is 2. The van der Waals surface area contributed by atoms with E-state index in [4.69, 9.17) is 4.74 Å². The van der Waals surface area contributed by atoms with Crippen molar-refractivity contribution in [2.24, 2.45) is 0 Å². The Morgan fingerprint density at radius 2 is 2.35 bits per heavy atom. The lowest BCUT2D eigenvalue weighted by atomic mass is 10.2. The molecule has 2 saturated heterocycles. The molecule has 0 spiro atoms. The summed E-state index contributed by atoms with van der Waals surface area (Å²) in [6, 6.07) is 7.19. The monoisotopic (exact) mass is 275 g/mol. The zero-order valence-corrected chi connectivity index (χ0v) is 11.1. The van der Waals surface area contributed by atoms with Gasteiger partial charge in [0.15, 0.2) is 0 Å². The lowest BCUT2D eigenvalue weighted by molar-refractivity contribution is -0.124. The number of carbonyl (C=O) groups excluding carboxylic acids is 2. The van der Waals surface area contributed by atoms with Gasteiger partial charge in [-0.2, -0.15) is 0 Å². The first-order valence-electron chi connectivity index (χ1n) is 6.82. The van der Waals surface area contributed by atoms with Crippen molar-refractivity contribution in [1.82, 2.24) is 5.32 Å². The van der Waals surface area contributed by atoms with Crippen molar-refractivity contribution in [2.45, 2.75) is 18.9 Å². The van der Waals surface area contributed by atoms with Crippen LogP contribution in [0.3, 0.4) is 0 Å². The smallest absolute Gasteiger partial charge is 0.321 e. The van der Waals surface area contributed by atoms with Crippen LogP contribution in [0.1, 0.15) is 12.8 Å². The van der Waals surface area contributed by atoms with E-state index >= 15 is 0 Å². The maximum absolute atomic E-state index is 12.0. The van der Waals surface area contributed by atoms with Crippen molar-refractivity contribution in [1.29, 1.82) is 0 Å². The molecule has 3 rings (SSSR count). The van der Waals surface area contributed by atoms with Gasteiger partial charge in [-0.3, -0.25) is 9.69 Å². The second-order valence-corrected chi connectivity index (χ2v) is 4.92. The molecule has 1 unspecified atom stereocenters. The number of ether oxygens (including phenoxy) is 1. The van der Waals surface area contributed by atoms with E-state index in [1.807, 2.05) is 18.2 Å². The Hall–Kier alpha value is -2.08. The van der Waals surface area contributed by atoms with Crippen LogP contribution in [0.4, 0.5) is 16.2 Å². The van der Waals surface area contributed by atoms with Crippen molar-refractivity contribution < 1.29 is 14.3 Å². The zero-order chi connectivity index (χ0) is 13.9. The lowest BCUT2D eigenvalue weighted by Crippen LogP contribution is -2.28. The highest BCUT2D eigenvalue weighted by molar-refractivity contribution is 5.97. The van der Waals surface area contributed by atoms with Gasteiger partial charge in [0.1, 0.15) is 6.10 Å². The van der Waals surface area contributed by atoms with Crippen molar-refractivity contribution in [3.05, 3.63) is 24.3 Å². The van der Waals surface area contributed by atoms with Crippen LogP contribution in [0, 0.1) is 0 Å². The molecule has 2 aliphatic rings. The maximum Gasteiger partial charge on any atom is 0.321 e. The summed E-state index contributed by atoms with van der Waals surface area (Å²) in [7, 11) is 0. The van der Waals surface area contributed by atoms with Crippen molar-refractivity contribution in [3.8, 4) is 0 Å². The van der Waals surface area contributed by atoms with E-state index in [0.717, 1.165) is 18.5 Å². The highest BCUT2D eigenvalue weighted by atomic mass is 16.5. The highest BCUT2D eigenvalue weighted by Gasteiger charge is 2.24. The summed E-state index contributed by atoms with van der Waals surface area (Å²) in [6.07, 6.45) is 1.33. The molecule has 0 aliphatic carbocycles. The van der Waals surface area contributed by atoms with Gasteiger partial charge in [-0.05, 0) is 31.0 Å². The summed E-state index contributed by atoms with van der Waals surface area (Å²) in [6.45, 7) is 1.93. The molecule has 106 valence electrons. The molecule has 2 fully saturated rings. The molecular weight excluding hydrogens is 258 g/mol. The Morgan fingerprint density at radius 1 is 1.45 bits per heavy atom. The van der Waals surface area contributed by atoms with E-state index in [9.17, 15) is 9.59 Å². The predicted molar refractivity (Wildman–Crippen MR) is 74.8 cm³/mol. The van der Waals surface area contributed by atoms with Crippen molar-refractivity contribution >= 4 is 23.3 Å². The second kappa shape index (κ2) is 5.50. The van der Waals surface area contributed by atoms with Gasteiger partial charge in [-0.25, -0.2) is 4.79 Å². The quantitative estimate of drug-likeness (QED) is 0.874. The number of amides is 3. The van der Waals surface area contributed by atoms with Gasteiger partial charge in [0, 0.05) is 31.1 Å². The van der Waals surface area contributed by atoms with Gasteiger partial charge in [-0.15, -0.1) is 0 Å². The molecule has 1 atom stereocenters. The normalized spacial score (nSPS) is 21.9. The average Bonchev–Trinajstić information content (AvgIpc) is 3.10. The SMILES string of the molecule is O=C(Nc1cccc(N2CCNC2=O)c1)C1CCCO1. The van der Waals surface area contributed by atoms with Crippen molar-refractivity contribution in [2.75, 3.05) is 29.9 Å². The van der Waals surface area contributed by atoms with E-state index in [1.165, 1.54) is 0 Å². The molecule has 0 bridgehead atoms. The number of hydrogen-bond donors (Lipinski definition) is 2. The van der Waals surface area contributed by atoms with Crippen LogP contribution < -0.4 is 15.5 Å². The Balaban J connectivity index is 1.70. The van der Waals surface area contributed by atoms with Gasteiger partial charge in [-0.1, -0.05) is 6.07 Å². The minimum atomic E-state index is -0.353. The summed E-state index contributed by atoms with van der Waals surface area (Å²) < 4.78 is 5.35. The molecule has 2 heterocycles. The van der Waals surface area contributed by atoms with Crippen LogP contribution >= 0.6 is 0 Å². The number of hydrogen-bond acceptors (Lipinski definition) is 3. The number of rotatable bonds is 3. The molecule has 6 nitrogen and oxygen atoms in total. The van der Waals surface area contributed by atoms with Crippen LogP contribution in [0.5, 0.6) is 0 Å². The third-order valence-corrected chi connectivity index (χ3v) is 3.50. The third-order valence-electron chi connectivity index (χ3n) is 3.50. The number of urea groups is 1. The second-order valence-electron chi connectivity index (χ2n) is 4.92. The van der Waals surface area contributed by atoms with E-state index in [2.05, 4.69) is 10.6 Å². The Labute approximate surface area is 117 Å². The average molecular weight is 275 g/mol. The molecule has 1 aromatic rings. The summed E-state index contributed by atoms with van der Waals surface area (Å²) in [5, 5.41) is 5.59. The first-order valence-corrected chi connectivity index (χ1v) is 6.82. The minimum absolute atomic E-state index is 0.104. The molecule has 0 radical (unpaired) electrons. The van der Waals surface area contributed by atoms with E-state index < -0.39 is 0 Å². The Kier molecular flexibility index (Phi) is 3.56. The van der Waals surface area contributed by atoms with Gasteiger partial charge in [0.05, 0.1) is 0 Å². The van der Waals surface area contributed by atoms with Crippen LogP contribution in [0.25, 0.3) is 0 Å². The molecule has 0 aromatic heterocycles. The molecule has 6 heteroatoms. The molecular formula is C14H17N3O3. The van der Waals surface area contributed by atoms with Crippen LogP contribution in [-0.2, 0) is 9.53 Å². The summed E-state index contributed by atoms with van der Waals surface area (Å²) >= 11 is 0.